The molecular weight excluding hydrogens is 196 g/mol. The summed E-state index contributed by atoms with van der Waals surface area (Å²) in [7, 11) is 2.04. The maximum Gasteiger partial charge on any atom is 0.00327 e. The predicted molar refractivity (Wildman–Crippen MR) is 71.8 cm³/mol. The third kappa shape index (κ3) is 5.86. The zero-order valence-electron chi connectivity index (χ0n) is 11.5. The fraction of sp³-hybridized carbons (Fsp3) is 1.00. The highest BCUT2D eigenvalue weighted by Gasteiger charge is 2.25. The first-order chi connectivity index (χ1) is 7.64. The Morgan fingerprint density at radius 2 is 1.88 bits per heavy atom. The van der Waals surface area contributed by atoms with E-state index in [0.717, 1.165) is 0 Å². The smallest absolute Gasteiger partial charge is 0.00327 e. The highest BCUT2D eigenvalue weighted by atomic mass is 15.1. The molecule has 0 aromatic heterocycles. The normalized spacial score (nSPS) is 21.2. The highest BCUT2D eigenvalue weighted by molar-refractivity contribution is 4.79. The van der Waals surface area contributed by atoms with Crippen molar-refractivity contribution in [2.24, 2.45) is 5.41 Å². The molecule has 1 aliphatic heterocycles. The van der Waals surface area contributed by atoms with Crippen LogP contribution in [0.25, 0.3) is 0 Å². The molecule has 1 aliphatic rings. The van der Waals surface area contributed by atoms with Gasteiger partial charge in [0, 0.05) is 6.54 Å². The van der Waals surface area contributed by atoms with Crippen LogP contribution in [0.3, 0.4) is 0 Å². The summed E-state index contributed by atoms with van der Waals surface area (Å²) in [5.41, 5.74) is 0.560. The summed E-state index contributed by atoms with van der Waals surface area (Å²) >= 11 is 0. The zero-order chi connectivity index (χ0) is 11.9. The molecule has 0 atom stereocenters. The monoisotopic (exact) mass is 226 g/mol. The summed E-state index contributed by atoms with van der Waals surface area (Å²) in [5, 5.41) is 3.21. The van der Waals surface area contributed by atoms with Gasteiger partial charge in [-0.1, -0.05) is 26.7 Å². The fourth-order valence-electron chi connectivity index (χ4n) is 2.73. The van der Waals surface area contributed by atoms with Gasteiger partial charge in [0.2, 0.25) is 0 Å². The molecule has 0 amide bonds. The van der Waals surface area contributed by atoms with E-state index in [-0.39, 0.29) is 0 Å². The number of hydrogen-bond donors (Lipinski definition) is 1. The van der Waals surface area contributed by atoms with Gasteiger partial charge in [-0.25, -0.2) is 0 Å². The van der Waals surface area contributed by atoms with Crippen LogP contribution >= 0.6 is 0 Å². The van der Waals surface area contributed by atoms with Crippen LogP contribution in [0.15, 0.2) is 0 Å². The lowest BCUT2D eigenvalue weighted by atomic mass is 9.84. The van der Waals surface area contributed by atoms with E-state index in [2.05, 4.69) is 24.1 Å². The van der Waals surface area contributed by atoms with Gasteiger partial charge in [0.15, 0.2) is 0 Å². The van der Waals surface area contributed by atoms with Gasteiger partial charge in [-0.2, -0.15) is 0 Å². The van der Waals surface area contributed by atoms with Gasteiger partial charge in [0.05, 0.1) is 0 Å². The van der Waals surface area contributed by atoms with E-state index in [4.69, 9.17) is 0 Å². The Bertz CT molecular complexity index is 178. The van der Waals surface area contributed by atoms with Gasteiger partial charge in [-0.3, -0.25) is 0 Å². The minimum Gasteiger partial charge on any atom is -0.320 e. The minimum absolute atomic E-state index is 0.560. The first-order valence-corrected chi connectivity index (χ1v) is 7.01. The number of nitrogens with zero attached hydrogens (tertiary/aromatic N) is 1. The van der Waals surface area contributed by atoms with Gasteiger partial charge in [-0.05, 0) is 57.8 Å². The molecule has 1 fully saturated rings. The van der Waals surface area contributed by atoms with Gasteiger partial charge in [-0.15, -0.1) is 0 Å². The Morgan fingerprint density at radius 3 is 2.56 bits per heavy atom. The van der Waals surface area contributed by atoms with Crippen LogP contribution in [0, 0.1) is 5.41 Å². The Labute approximate surface area is 102 Å². The molecule has 0 saturated carbocycles. The third-order valence-corrected chi connectivity index (χ3v) is 3.63. The van der Waals surface area contributed by atoms with E-state index in [1.54, 1.807) is 0 Å². The summed E-state index contributed by atoms with van der Waals surface area (Å²) in [6.45, 7) is 9.96. The maximum atomic E-state index is 3.21. The molecule has 16 heavy (non-hydrogen) atoms. The fourth-order valence-corrected chi connectivity index (χ4v) is 2.73. The van der Waals surface area contributed by atoms with E-state index < -0.39 is 0 Å². The topological polar surface area (TPSA) is 15.3 Å². The van der Waals surface area contributed by atoms with E-state index in [1.807, 2.05) is 7.05 Å². The van der Waals surface area contributed by atoms with Crippen LogP contribution in [0.5, 0.6) is 0 Å². The molecule has 0 aromatic rings. The van der Waals surface area contributed by atoms with Crippen LogP contribution in [0.4, 0.5) is 0 Å². The molecule has 0 radical (unpaired) electrons. The van der Waals surface area contributed by atoms with E-state index in [9.17, 15) is 0 Å². The summed E-state index contributed by atoms with van der Waals surface area (Å²) in [5.74, 6) is 0. The lowest BCUT2D eigenvalue weighted by molar-refractivity contribution is 0.116. The molecule has 96 valence electrons. The molecule has 2 heteroatoms. The second-order valence-electron chi connectivity index (χ2n) is 6.06. The molecule has 1 saturated heterocycles. The van der Waals surface area contributed by atoms with E-state index >= 15 is 0 Å². The third-order valence-electron chi connectivity index (χ3n) is 3.63. The Kier molecular flexibility index (Phi) is 6.37. The molecule has 2 nitrogen and oxygen atoms in total. The minimum atomic E-state index is 0.560. The van der Waals surface area contributed by atoms with Gasteiger partial charge in [0.25, 0.3) is 0 Å². The van der Waals surface area contributed by atoms with Crippen molar-refractivity contribution in [2.45, 2.75) is 52.4 Å². The second kappa shape index (κ2) is 7.29. The number of rotatable bonds is 7. The van der Waals surface area contributed by atoms with Crippen molar-refractivity contribution < 1.29 is 0 Å². The SMILES string of the molecule is CNCCCCCCN1CCCC(C)(C)C1. The first kappa shape index (κ1) is 14.0. The zero-order valence-corrected chi connectivity index (χ0v) is 11.5. The summed E-state index contributed by atoms with van der Waals surface area (Å²) in [6, 6.07) is 0. The van der Waals surface area contributed by atoms with Crippen molar-refractivity contribution in [2.75, 3.05) is 33.2 Å². The van der Waals surface area contributed by atoms with Crippen LogP contribution < -0.4 is 5.32 Å². The Hall–Kier alpha value is -0.0800. The number of hydrogen-bond acceptors (Lipinski definition) is 2. The van der Waals surface area contributed by atoms with Gasteiger partial charge < -0.3 is 10.2 Å². The summed E-state index contributed by atoms with van der Waals surface area (Å²) < 4.78 is 0. The van der Waals surface area contributed by atoms with Crippen molar-refractivity contribution in [3.63, 3.8) is 0 Å². The summed E-state index contributed by atoms with van der Waals surface area (Å²) in [4.78, 5) is 2.67. The standard InChI is InChI=1S/C14H30N2/c1-14(2)9-8-12-16(13-14)11-7-5-4-6-10-15-3/h15H,4-13H2,1-3H3. The lowest BCUT2D eigenvalue weighted by Gasteiger charge is -2.38. The van der Waals surface area contributed by atoms with Crippen LogP contribution in [-0.2, 0) is 0 Å². The quantitative estimate of drug-likeness (QED) is 0.672. The van der Waals surface area contributed by atoms with E-state index in [0.29, 0.717) is 5.41 Å². The average molecular weight is 226 g/mol. The Morgan fingerprint density at radius 1 is 1.12 bits per heavy atom. The number of nitrogens with one attached hydrogen (secondary N) is 1. The van der Waals surface area contributed by atoms with E-state index in [1.165, 1.54) is 64.7 Å². The number of unbranched alkanes of at least 4 members (excludes halogenated alkanes) is 3. The number of likely N-dealkylation sites (tertiary alicyclic amines) is 1. The number of piperidine rings is 1. The molecular formula is C14H30N2. The molecule has 0 spiro atoms. The van der Waals surface area contributed by atoms with Gasteiger partial charge in [0.1, 0.15) is 0 Å². The molecule has 0 aromatic carbocycles. The average Bonchev–Trinajstić information content (AvgIpc) is 2.22. The van der Waals surface area contributed by atoms with Crippen molar-refractivity contribution in [1.29, 1.82) is 0 Å². The van der Waals surface area contributed by atoms with Crippen molar-refractivity contribution >= 4 is 0 Å². The highest BCUT2D eigenvalue weighted by Crippen LogP contribution is 2.28. The second-order valence-corrected chi connectivity index (χ2v) is 6.06. The van der Waals surface area contributed by atoms with Crippen LogP contribution in [-0.4, -0.2) is 38.1 Å². The molecule has 0 unspecified atom stereocenters. The van der Waals surface area contributed by atoms with Gasteiger partial charge >= 0.3 is 0 Å². The molecule has 0 aliphatic carbocycles. The predicted octanol–water partition coefficient (Wildman–Crippen LogP) is 2.89. The molecule has 1 rings (SSSR count). The molecule has 1 heterocycles. The molecule has 1 N–H and O–H groups in total. The molecule has 0 bridgehead atoms. The van der Waals surface area contributed by atoms with Crippen molar-refractivity contribution in [1.82, 2.24) is 10.2 Å². The first-order valence-electron chi connectivity index (χ1n) is 7.01. The van der Waals surface area contributed by atoms with Crippen molar-refractivity contribution in [3.05, 3.63) is 0 Å². The van der Waals surface area contributed by atoms with Crippen LogP contribution in [0.2, 0.25) is 0 Å². The van der Waals surface area contributed by atoms with Crippen LogP contribution in [0.1, 0.15) is 52.4 Å². The summed E-state index contributed by atoms with van der Waals surface area (Å²) in [6.07, 6.45) is 8.32. The maximum absolute atomic E-state index is 3.21. The largest absolute Gasteiger partial charge is 0.320 e. The van der Waals surface area contributed by atoms with Crippen molar-refractivity contribution in [3.8, 4) is 0 Å². The lowest BCUT2D eigenvalue weighted by Crippen LogP contribution is -2.40. The Balaban J connectivity index is 2.00.